The highest BCUT2D eigenvalue weighted by molar-refractivity contribution is 7.08. The van der Waals surface area contributed by atoms with Crippen LogP contribution in [0.5, 0.6) is 0 Å². The summed E-state index contributed by atoms with van der Waals surface area (Å²) in [5.74, 6) is 0. The van der Waals surface area contributed by atoms with Crippen molar-refractivity contribution in [2.45, 2.75) is 6.54 Å². The lowest BCUT2D eigenvalue weighted by Crippen LogP contribution is -1.98. The predicted molar refractivity (Wildman–Crippen MR) is 62.7 cm³/mol. The maximum atomic E-state index is 5.90. The Hall–Kier alpha value is -0.830. The summed E-state index contributed by atoms with van der Waals surface area (Å²) in [5, 5.41) is 4.91. The van der Waals surface area contributed by atoms with Crippen LogP contribution in [0.25, 0.3) is 11.1 Å². The van der Waals surface area contributed by atoms with E-state index in [0.717, 1.165) is 10.6 Å². The molecule has 0 bridgehead atoms. The van der Waals surface area contributed by atoms with E-state index >= 15 is 0 Å². The zero-order chi connectivity index (χ0) is 9.97. The van der Waals surface area contributed by atoms with Crippen LogP contribution in [-0.2, 0) is 6.54 Å². The second-order valence-electron chi connectivity index (χ2n) is 3.02. The van der Waals surface area contributed by atoms with Crippen molar-refractivity contribution in [3.8, 4) is 11.1 Å². The highest BCUT2D eigenvalue weighted by atomic mass is 35.5. The van der Waals surface area contributed by atoms with Crippen LogP contribution in [0.1, 0.15) is 5.56 Å². The molecule has 0 atom stereocenters. The third-order valence-electron chi connectivity index (χ3n) is 2.12. The van der Waals surface area contributed by atoms with Crippen molar-refractivity contribution in [3.05, 3.63) is 45.6 Å². The van der Waals surface area contributed by atoms with Crippen LogP contribution in [0.4, 0.5) is 0 Å². The first kappa shape index (κ1) is 9.71. The molecule has 0 saturated carbocycles. The summed E-state index contributed by atoms with van der Waals surface area (Å²) in [6.07, 6.45) is 0. The molecule has 0 spiro atoms. The topological polar surface area (TPSA) is 26.0 Å². The summed E-state index contributed by atoms with van der Waals surface area (Å²) in [6, 6.07) is 7.93. The van der Waals surface area contributed by atoms with E-state index in [1.807, 2.05) is 18.2 Å². The number of nitrogens with two attached hydrogens (primary N) is 1. The molecule has 1 aromatic heterocycles. The van der Waals surface area contributed by atoms with Crippen LogP contribution in [0.2, 0.25) is 5.02 Å². The smallest absolute Gasteiger partial charge is 0.0409 e. The van der Waals surface area contributed by atoms with Crippen molar-refractivity contribution in [2.24, 2.45) is 5.73 Å². The zero-order valence-corrected chi connectivity index (χ0v) is 9.11. The standard InChI is InChI=1S/C11H10ClNS/c12-10-1-2-11(9(5-10)6-13)8-3-4-14-7-8/h1-5,7H,6,13H2. The Kier molecular flexibility index (Phi) is 2.87. The highest BCUT2D eigenvalue weighted by Gasteiger charge is 2.04. The fraction of sp³-hybridized carbons (Fsp3) is 0.0909. The van der Waals surface area contributed by atoms with Gasteiger partial charge in [0.15, 0.2) is 0 Å². The molecular weight excluding hydrogens is 214 g/mol. The van der Waals surface area contributed by atoms with Crippen LogP contribution < -0.4 is 5.73 Å². The molecule has 0 amide bonds. The molecule has 2 rings (SSSR count). The van der Waals surface area contributed by atoms with E-state index in [4.69, 9.17) is 17.3 Å². The minimum absolute atomic E-state index is 0.520. The predicted octanol–water partition coefficient (Wildman–Crippen LogP) is 3.53. The summed E-state index contributed by atoms with van der Waals surface area (Å²) in [6.45, 7) is 0.520. The van der Waals surface area contributed by atoms with Gasteiger partial charge >= 0.3 is 0 Å². The maximum Gasteiger partial charge on any atom is 0.0409 e. The van der Waals surface area contributed by atoms with Crippen LogP contribution in [0.3, 0.4) is 0 Å². The van der Waals surface area contributed by atoms with Gasteiger partial charge in [0.25, 0.3) is 0 Å². The van der Waals surface area contributed by atoms with Gasteiger partial charge in [0.1, 0.15) is 0 Å². The third-order valence-corrected chi connectivity index (χ3v) is 3.04. The van der Waals surface area contributed by atoms with Gasteiger partial charge in [0.05, 0.1) is 0 Å². The Morgan fingerprint density at radius 1 is 1.29 bits per heavy atom. The average molecular weight is 224 g/mol. The molecular formula is C11H10ClNS. The number of hydrogen-bond donors (Lipinski definition) is 1. The zero-order valence-electron chi connectivity index (χ0n) is 7.53. The number of thiophene rings is 1. The quantitative estimate of drug-likeness (QED) is 0.828. The van der Waals surface area contributed by atoms with E-state index in [2.05, 4.69) is 16.8 Å². The molecule has 3 heteroatoms. The highest BCUT2D eigenvalue weighted by Crippen LogP contribution is 2.27. The minimum Gasteiger partial charge on any atom is -0.326 e. The average Bonchev–Trinajstić information content (AvgIpc) is 2.70. The SMILES string of the molecule is NCc1cc(Cl)ccc1-c1ccsc1. The largest absolute Gasteiger partial charge is 0.326 e. The van der Waals surface area contributed by atoms with Gasteiger partial charge in [-0.15, -0.1) is 0 Å². The van der Waals surface area contributed by atoms with Gasteiger partial charge in [0, 0.05) is 11.6 Å². The molecule has 0 aliphatic rings. The van der Waals surface area contributed by atoms with Crippen molar-refractivity contribution in [2.75, 3.05) is 0 Å². The fourth-order valence-electron chi connectivity index (χ4n) is 1.43. The normalized spacial score (nSPS) is 10.4. The molecule has 1 heterocycles. The first-order chi connectivity index (χ1) is 6.81. The van der Waals surface area contributed by atoms with E-state index in [9.17, 15) is 0 Å². The van der Waals surface area contributed by atoms with E-state index in [1.165, 1.54) is 11.1 Å². The van der Waals surface area contributed by atoms with Crippen molar-refractivity contribution >= 4 is 22.9 Å². The summed E-state index contributed by atoms with van der Waals surface area (Å²) in [7, 11) is 0. The Labute approximate surface area is 92.1 Å². The molecule has 0 aliphatic carbocycles. The van der Waals surface area contributed by atoms with Crippen LogP contribution in [0, 0.1) is 0 Å². The molecule has 2 aromatic rings. The number of hydrogen-bond acceptors (Lipinski definition) is 2. The van der Waals surface area contributed by atoms with Gasteiger partial charge < -0.3 is 5.73 Å². The molecule has 0 radical (unpaired) electrons. The van der Waals surface area contributed by atoms with E-state index in [-0.39, 0.29) is 0 Å². The molecule has 0 unspecified atom stereocenters. The van der Waals surface area contributed by atoms with Crippen LogP contribution in [-0.4, -0.2) is 0 Å². The molecule has 2 N–H and O–H groups in total. The maximum absolute atomic E-state index is 5.90. The summed E-state index contributed by atoms with van der Waals surface area (Å²) < 4.78 is 0. The molecule has 0 saturated heterocycles. The van der Waals surface area contributed by atoms with E-state index < -0.39 is 0 Å². The molecule has 1 nitrogen and oxygen atoms in total. The summed E-state index contributed by atoms with van der Waals surface area (Å²) in [4.78, 5) is 0. The number of benzene rings is 1. The first-order valence-electron chi connectivity index (χ1n) is 4.32. The van der Waals surface area contributed by atoms with Crippen molar-refractivity contribution < 1.29 is 0 Å². The molecule has 0 aliphatic heterocycles. The Morgan fingerprint density at radius 3 is 2.79 bits per heavy atom. The second kappa shape index (κ2) is 4.13. The monoisotopic (exact) mass is 223 g/mol. The summed E-state index contributed by atoms with van der Waals surface area (Å²) >= 11 is 7.59. The second-order valence-corrected chi connectivity index (χ2v) is 4.23. The molecule has 0 fully saturated rings. The lowest BCUT2D eigenvalue weighted by Gasteiger charge is -2.06. The van der Waals surface area contributed by atoms with Crippen molar-refractivity contribution in [3.63, 3.8) is 0 Å². The van der Waals surface area contributed by atoms with Crippen LogP contribution in [0.15, 0.2) is 35.0 Å². The Balaban J connectivity index is 2.53. The van der Waals surface area contributed by atoms with Gasteiger partial charge in [-0.3, -0.25) is 0 Å². The summed E-state index contributed by atoms with van der Waals surface area (Å²) in [5.41, 5.74) is 9.16. The Bertz CT molecular complexity index is 423. The van der Waals surface area contributed by atoms with Gasteiger partial charge in [-0.05, 0) is 45.6 Å². The van der Waals surface area contributed by atoms with Crippen molar-refractivity contribution in [1.82, 2.24) is 0 Å². The molecule has 14 heavy (non-hydrogen) atoms. The Morgan fingerprint density at radius 2 is 2.14 bits per heavy atom. The fourth-order valence-corrected chi connectivity index (χ4v) is 2.28. The van der Waals surface area contributed by atoms with Gasteiger partial charge in [-0.1, -0.05) is 17.7 Å². The third kappa shape index (κ3) is 1.82. The number of rotatable bonds is 2. The van der Waals surface area contributed by atoms with Gasteiger partial charge in [0.2, 0.25) is 0 Å². The van der Waals surface area contributed by atoms with E-state index in [1.54, 1.807) is 11.3 Å². The van der Waals surface area contributed by atoms with Gasteiger partial charge in [-0.25, -0.2) is 0 Å². The minimum atomic E-state index is 0.520. The van der Waals surface area contributed by atoms with Crippen LogP contribution >= 0.6 is 22.9 Å². The lowest BCUT2D eigenvalue weighted by molar-refractivity contribution is 1.07. The van der Waals surface area contributed by atoms with Gasteiger partial charge in [-0.2, -0.15) is 11.3 Å². The molecule has 72 valence electrons. The van der Waals surface area contributed by atoms with E-state index in [0.29, 0.717) is 6.54 Å². The number of halogens is 1. The van der Waals surface area contributed by atoms with Crippen molar-refractivity contribution in [1.29, 1.82) is 0 Å². The lowest BCUT2D eigenvalue weighted by atomic mass is 10.0. The first-order valence-corrected chi connectivity index (χ1v) is 5.64. The molecule has 1 aromatic carbocycles.